The topological polar surface area (TPSA) is 102 Å². The zero-order valence-electron chi connectivity index (χ0n) is 12.1. The van der Waals surface area contributed by atoms with Crippen molar-refractivity contribution in [2.75, 3.05) is 6.61 Å². The molecule has 1 heterocycles. The lowest BCUT2D eigenvalue weighted by Gasteiger charge is -2.09. The normalized spacial score (nSPS) is 21.5. The number of rotatable bonds is 4. The third-order valence-electron chi connectivity index (χ3n) is 3.42. The second kappa shape index (κ2) is 6.76. The predicted molar refractivity (Wildman–Crippen MR) is 76.8 cm³/mol. The molecule has 2 atom stereocenters. The number of nitrogens with two attached hydrogens (primary N) is 1. The Hall–Kier alpha value is -2.81. The average Bonchev–Trinajstić information content (AvgIpc) is 2.91. The van der Waals surface area contributed by atoms with Crippen molar-refractivity contribution in [1.82, 2.24) is 0 Å². The molecule has 114 valence electrons. The van der Waals surface area contributed by atoms with Crippen LogP contribution in [0.15, 0.2) is 41.6 Å². The minimum absolute atomic E-state index is 0.0932. The van der Waals surface area contributed by atoms with Gasteiger partial charge in [-0.25, -0.2) is 4.79 Å². The lowest BCUT2D eigenvalue weighted by Crippen LogP contribution is -2.22. The molecule has 0 spiro atoms. The maximum atomic E-state index is 12.0. The molecule has 0 amide bonds. The van der Waals surface area contributed by atoms with Crippen molar-refractivity contribution in [2.45, 2.75) is 19.4 Å². The van der Waals surface area contributed by atoms with E-state index in [1.54, 1.807) is 13.0 Å². The first-order valence-corrected chi connectivity index (χ1v) is 6.90. The summed E-state index contributed by atoms with van der Waals surface area (Å²) in [6.45, 7) is 1.75. The largest absolute Gasteiger partial charge is 0.462 e. The van der Waals surface area contributed by atoms with E-state index in [0.29, 0.717) is 6.42 Å². The molecule has 2 N–H and O–H groups in total. The van der Waals surface area contributed by atoms with Crippen LogP contribution in [0.2, 0.25) is 0 Å². The zero-order chi connectivity index (χ0) is 16.1. The van der Waals surface area contributed by atoms with Crippen LogP contribution >= 0.6 is 0 Å². The van der Waals surface area contributed by atoms with E-state index in [1.165, 1.54) is 0 Å². The average molecular weight is 300 g/mol. The van der Waals surface area contributed by atoms with Gasteiger partial charge in [0.2, 0.25) is 0 Å². The maximum absolute atomic E-state index is 12.0. The summed E-state index contributed by atoms with van der Waals surface area (Å²) in [6, 6.07) is 10.9. The van der Waals surface area contributed by atoms with Crippen molar-refractivity contribution >= 4 is 11.9 Å². The van der Waals surface area contributed by atoms with Crippen LogP contribution in [0, 0.1) is 17.2 Å². The quantitative estimate of drug-likeness (QED) is 0.514. The third-order valence-corrected chi connectivity index (χ3v) is 3.42. The number of esters is 2. The molecular weight excluding hydrogens is 284 g/mol. The molecule has 2 rings (SSSR count). The number of carbonyl (C=O) groups excluding carboxylic acids is 2. The number of nitrogens with zero attached hydrogens (tertiary/aromatic N) is 1. The van der Waals surface area contributed by atoms with Crippen molar-refractivity contribution in [3.05, 3.63) is 47.2 Å². The SMILES string of the molecule is CCOC(=O)/C(C#N)=C(\N)C1CC(c2ccccc2)OC1=O. The molecule has 1 aliphatic rings. The zero-order valence-corrected chi connectivity index (χ0v) is 12.1. The van der Waals surface area contributed by atoms with Gasteiger partial charge in [0.05, 0.1) is 6.61 Å². The van der Waals surface area contributed by atoms with Crippen molar-refractivity contribution in [2.24, 2.45) is 11.7 Å². The fourth-order valence-corrected chi connectivity index (χ4v) is 2.31. The van der Waals surface area contributed by atoms with Crippen molar-refractivity contribution in [3.63, 3.8) is 0 Å². The molecular formula is C16H16N2O4. The maximum Gasteiger partial charge on any atom is 0.350 e. The van der Waals surface area contributed by atoms with E-state index in [0.717, 1.165) is 5.56 Å². The standard InChI is InChI=1S/C16H16N2O4/c1-2-21-15(19)12(9-17)14(18)11-8-13(22-16(11)20)10-6-4-3-5-7-10/h3-7,11,13H,2,8,18H2,1H3/b14-12-. The van der Waals surface area contributed by atoms with E-state index in [2.05, 4.69) is 0 Å². The monoisotopic (exact) mass is 300 g/mol. The van der Waals surface area contributed by atoms with E-state index in [-0.39, 0.29) is 17.9 Å². The molecule has 1 aromatic carbocycles. The number of carbonyl (C=O) groups is 2. The van der Waals surface area contributed by atoms with E-state index in [9.17, 15) is 9.59 Å². The first-order chi connectivity index (χ1) is 10.6. The summed E-state index contributed by atoms with van der Waals surface area (Å²) in [5, 5.41) is 9.08. The summed E-state index contributed by atoms with van der Waals surface area (Å²) in [5.74, 6) is -2.17. The second-order valence-corrected chi connectivity index (χ2v) is 4.79. The van der Waals surface area contributed by atoms with Gasteiger partial charge in [-0.15, -0.1) is 0 Å². The first kappa shape index (κ1) is 15.6. The number of ether oxygens (including phenoxy) is 2. The Kier molecular flexibility index (Phi) is 4.79. The lowest BCUT2D eigenvalue weighted by atomic mass is 9.95. The molecule has 0 aliphatic carbocycles. The summed E-state index contributed by atoms with van der Waals surface area (Å²) in [7, 11) is 0. The number of cyclic esters (lactones) is 1. The first-order valence-electron chi connectivity index (χ1n) is 6.90. The fraction of sp³-hybridized carbons (Fsp3) is 0.312. The highest BCUT2D eigenvalue weighted by Gasteiger charge is 2.39. The van der Waals surface area contributed by atoms with Crippen LogP contribution in [0.25, 0.3) is 0 Å². The molecule has 1 aliphatic heterocycles. The van der Waals surface area contributed by atoms with Crippen LogP contribution in [0.5, 0.6) is 0 Å². The molecule has 1 saturated heterocycles. The molecule has 6 heteroatoms. The third kappa shape index (κ3) is 3.09. The Balaban J connectivity index is 2.24. The summed E-state index contributed by atoms with van der Waals surface area (Å²) >= 11 is 0. The molecule has 1 aromatic rings. The van der Waals surface area contributed by atoms with Crippen molar-refractivity contribution < 1.29 is 19.1 Å². The lowest BCUT2D eigenvalue weighted by molar-refractivity contribution is -0.143. The molecule has 2 unspecified atom stereocenters. The van der Waals surface area contributed by atoms with Crippen LogP contribution in [-0.2, 0) is 19.1 Å². The minimum Gasteiger partial charge on any atom is -0.462 e. The minimum atomic E-state index is -0.821. The smallest absolute Gasteiger partial charge is 0.350 e. The highest BCUT2D eigenvalue weighted by molar-refractivity contribution is 5.95. The molecule has 0 saturated carbocycles. The highest BCUT2D eigenvalue weighted by atomic mass is 16.6. The van der Waals surface area contributed by atoms with Crippen LogP contribution in [0.4, 0.5) is 0 Å². The van der Waals surface area contributed by atoms with Gasteiger partial charge in [0.1, 0.15) is 18.1 Å². The second-order valence-electron chi connectivity index (χ2n) is 4.79. The Labute approximate surface area is 128 Å². The van der Waals surface area contributed by atoms with Gasteiger partial charge in [0.25, 0.3) is 0 Å². The van der Waals surface area contributed by atoms with E-state index >= 15 is 0 Å². The number of benzene rings is 1. The van der Waals surface area contributed by atoms with Gasteiger partial charge in [-0.2, -0.15) is 5.26 Å². The van der Waals surface area contributed by atoms with Gasteiger partial charge >= 0.3 is 11.9 Å². The van der Waals surface area contributed by atoms with Crippen LogP contribution in [0.3, 0.4) is 0 Å². The molecule has 0 aromatic heterocycles. The van der Waals surface area contributed by atoms with Gasteiger partial charge < -0.3 is 15.2 Å². The van der Waals surface area contributed by atoms with Gasteiger partial charge in [-0.1, -0.05) is 30.3 Å². The molecule has 0 bridgehead atoms. The van der Waals surface area contributed by atoms with Gasteiger partial charge in [0, 0.05) is 12.1 Å². The van der Waals surface area contributed by atoms with Crippen molar-refractivity contribution in [3.8, 4) is 6.07 Å². The Bertz CT molecular complexity index is 646. The van der Waals surface area contributed by atoms with Crippen LogP contribution in [-0.4, -0.2) is 18.5 Å². The Morgan fingerprint density at radius 1 is 1.45 bits per heavy atom. The van der Waals surface area contributed by atoms with E-state index in [1.807, 2.05) is 30.3 Å². The summed E-state index contributed by atoms with van der Waals surface area (Å²) < 4.78 is 10.1. The predicted octanol–water partition coefficient (Wildman–Crippen LogP) is 1.59. The Morgan fingerprint density at radius 3 is 2.73 bits per heavy atom. The molecule has 6 nitrogen and oxygen atoms in total. The Morgan fingerprint density at radius 2 is 2.14 bits per heavy atom. The van der Waals surface area contributed by atoms with Crippen molar-refractivity contribution in [1.29, 1.82) is 5.26 Å². The molecule has 0 radical (unpaired) electrons. The summed E-state index contributed by atoms with van der Waals surface area (Å²) in [4.78, 5) is 23.7. The van der Waals surface area contributed by atoms with E-state index in [4.69, 9.17) is 20.5 Å². The van der Waals surface area contributed by atoms with Crippen LogP contribution < -0.4 is 5.73 Å². The molecule has 22 heavy (non-hydrogen) atoms. The van der Waals surface area contributed by atoms with Gasteiger partial charge in [0.15, 0.2) is 5.57 Å². The number of hydrogen-bond acceptors (Lipinski definition) is 6. The summed E-state index contributed by atoms with van der Waals surface area (Å²) in [5.41, 5.74) is 6.27. The number of hydrogen-bond donors (Lipinski definition) is 1. The van der Waals surface area contributed by atoms with Gasteiger partial charge in [-0.3, -0.25) is 4.79 Å². The fourth-order valence-electron chi connectivity index (χ4n) is 2.31. The van der Waals surface area contributed by atoms with Gasteiger partial charge in [-0.05, 0) is 12.5 Å². The highest BCUT2D eigenvalue weighted by Crippen LogP contribution is 2.36. The molecule has 1 fully saturated rings. The van der Waals surface area contributed by atoms with Crippen LogP contribution in [0.1, 0.15) is 25.0 Å². The summed E-state index contributed by atoms with van der Waals surface area (Å²) in [6.07, 6.45) is -0.140. The van der Waals surface area contributed by atoms with E-state index < -0.39 is 24.0 Å². The number of nitriles is 1.